The highest BCUT2D eigenvalue weighted by molar-refractivity contribution is 6.28. The van der Waals surface area contributed by atoms with Gasteiger partial charge in [-0.05, 0) is 18.5 Å². The van der Waals surface area contributed by atoms with E-state index < -0.39 is 0 Å². The molecule has 8 heteroatoms. The maximum atomic E-state index is 5.89. The summed E-state index contributed by atoms with van der Waals surface area (Å²) < 4.78 is 7.39. The zero-order valence-electron chi connectivity index (χ0n) is 10.5. The molecule has 0 saturated heterocycles. The Morgan fingerprint density at radius 1 is 1.32 bits per heavy atom. The van der Waals surface area contributed by atoms with Crippen LogP contribution in [0.15, 0.2) is 12.4 Å². The maximum Gasteiger partial charge on any atom is 0.322 e. The fraction of sp³-hybridized carbons (Fsp3) is 0.455. The van der Waals surface area contributed by atoms with Gasteiger partial charge in [-0.3, -0.25) is 0 Å². The summed E-state index contributed by atoms with van der Waals surface area (Å²) in [6.07, 6.45) is 3.77. The third-order valence-electron chi connectivity index (χ3n) is 2.88. The van der Waals surface area contributed by atoms with E-state index in [1.54, 1.807) is 6.20 Å². The van der Waals surface area contributed by atoms with Gasteiger partial charge < -0.3 is 14.2 Å². The third-order valence-corrected chi connectivity index (χ3v) is 3.05. The van der Waals surface area contributed by atoms with Crippen molar-refractivity contribution in [2.45, 2.75) is 20.0 Å². The van der Waals surface area contributed by atoms with E-state index in [0.717, 1.165) is 18.9 Å². The van der Waals surface area contributed by atoms with E-state index in [4.69, 9.17) is 16.3 Å². The van der Waals surface area contributed by atoms with Crippen molar-refractivity contribution >= 4 is 17.5 Å². The monoisotopic (exact) mass is 280 g/mol. The van der Waals surface area contributed by atoms with Crippen LogP contribution in [0.3, 0.4) is 0 Å². The number of imidazole rings is 1. The molecule has 0 spiro atoms. The molecule has 0 amide bonds. The van der Waals surface area contributed by atoms with Gasteiger partial charge in [0.15, 0.2) is 0 Å². The van der Waals surface area contributed by atoms with E-state index in [2.05, 4.69) is 24.5 Å². The summed E-state index contributed by atoms with van der Waals surface area (Å²) in [6, 6.07) is 0.256. The Bertz CT molecular complexity index is 586. The number of anilines is 1. The molecule has 0 aliphatic carbocycles. The summed E-state index contributed by atoms with van der Waals surface area (Å²) in [5.41, 5.74) is 0. The molecule has 3 heterocycles. The average molecular weight is 281 g/mol. The zero-order valence-corrected chi connectivity index (χ0v) is 11.2. The number of halogens is 1. The summed E-state index contributed by atoms with van der Waals surface area (Å²) in [5.74, 6) is 1.51. The van der Waals surface area contributed by atoms with Gasteiger partial charge in [-0.2, -0.15) is 15.0 Å². The van der Waals surface area contributed by atoms with Crippen LogP contribution in [0.4, 0.5) is 5.95 Å². The Hall–Kier alpha value is -1.89. The average Bonchev–Trinajstić information content (AvgIpc) is 2.85. The topological polar surface area (TPSA) is 69.0 Å². The van der Waals surface area contributed by atoms with Crippen molar-refractivity contribution in [3.05, 3.63) is 23.5 Å². The molecule has 0 bridgehead atoms. The normalized spacial score (nSPS) is 14.3. The number of fused-ring (bicyclic) bond motifs is 1. The molecule has 7 nitrogen and oxygen atoms in total. The molecule has 0 N–H and O–H groups in total. The van der Waals surface area contributed by atoms with Gasteiger partial charge in [0.1, 0.15) is 5.82 Å². The van der Waals surface area contributed by atoms with E-state index in [1.165, 1.54) is 0 Å². The SMILES string of the molecule is CCOc1nc(Cl)nc(N2CCn3ccnc3C2)n1. The van der Waals surface area contributed by atoms with Crippen LogP contribution in [0.2, 0.25) is 5.28 Å². The lowest BCUT2D eigenvalue weighted by atomic mass is 10.4. The van der Waals surface area contributed by atoms with Crippen molar-refractivity contribution in [2.75, 3.05) is 18.1 Å². The lowest BCUT2D eigenvalue weighted by molar-refractivity contribution is 0.311. The number of nitrogens with zero attached hydrogens (tertiary/aromatic N) is 6. The van der Waals surface area contributed by atoms with Crippen molar-refractivity contribution in [3.63, 3.8) is 0 Å². The predicted octanol–water partition coefficient (Wildman–Crippen LogP) is 1.14. The molecule has 100 valence electrons. The highest BCUT2D eigenvalue weighted by atomic mass is 35.5. The molecule has 0 atom stereocenters. The lowest BCUT2D eigenvalue weighted by Crippen LogP contribution is -2.35. The first kappa shape index (κ1) is 12.2. The van der Waals surface area contributed by atoms with E-state index in [-0.39, 0.29) is 11.3 Å². The van der Waals surface area contributed by atoms with E-state index in [0.29, 0.717) is 19.1 Å². The minimum Gasteiger partial charge on any atom is -0.464 e. The van der Waals surface area contributed by atoms with E-state index in [9.17, 15) is 0 Å². The largest absolute Gasteiger partial charge is 0.464 e. The van der Waals surface area contributed by atoms with Gasteiger partial charge in [-0.1, -0.05) is 0 Å². The first-order valence-corrected chi connectivity index (χ1v) is 6.43. The summed E-state index contributed by atoms with van der Waals surface area (Å²) in [4.78, 5) is 18.7. The van der Waals surface area contributed by atoms with Crippen molar-refractivity contribution in [1.82, 2.24) is 24.5 Å². The molecule has 2 aromatic heterocycles. The fourth-order valence-corrected chi connectivity index (χ4v) is 2.15. The molecular weight excluding hydrogens is 268 g/mol. The van der Waals surface area contributed by atoms with Gasteiger partial charge in [-0.25, -0.2) is 4.98 Å². The highest BCUT2D eigenvalue weighted by Gasteiger charge is 2.20. The van der Waals surface area contributed by atoms with Crippen molar-refractivity contribution in [2.24, 2.45) is 0 Å². The van der Waals surface area contributed by atoms with Gasteiger partial charge in [0.05, 0.1) is 13.2 Å². The summed E-state index contributed by atoms with van der Waals surface area (Å²) in [7, 11) is 0. The fourth-order valence-electron chi connectivity index (χ4n) is 2.00. The van der Waals surface area contributed by atoms with Crippen LogP contribution in [0.25, 0.3) is 0 Å². The second kappa shape index (κ2) is 5.00. The third kappa shape index (κ3) is 2.46. The predicted molar refractivity (Wildman–Crippen MR) is 69.3 cm³/mol. The summed E-state index contributed by atoms with van der Waals surface area (Å²) >= 11 is 5.89. The quantitative estimate of drug-likeness (QED) is 0.840. The van der Waals surface area contributed by atoms with Crippen LogP contribution < -0.4 is 9.64 Å². The molecule has 0 radical (unpaired) electrons. The van der Waals surface area contributed by atoms with Crippen molar-refractivity contribution in [3.8, 4) is 6.01 Å². The number of aromatic nitrogens is 5. The smallest absolute Gasteiger partial charge is 0.322 e. The molecular formula is C11H13ClN6O. The Balaban J connectivity index is 1.87. The van der Waals surface area contributed by atoms with Gasteiger partial charge >= 0.3 is 6.01 Å². The van der Waals surface area contributed by atoms with Gasteiger partial charge in [0.2, 0.25) is 11.2 Å². The first-order valence-electron chi connectivity index (χ1n) is 6.05. The first-order chi connectivity index (χ1) is 9.26. The Kier molecular flexibility index (Phi) is 3.20. The Labute approximate surface area is 115 Å². The second-order valence-electron chi connectivity index (χ2n) is 4.08. The number of hydrogen-bond donors (Lipinski definition) is 0. The van der Waals surface area contributed by atoms with Gasteiger partial charge in [0.25, 0.3) is 0 Å². The lowest BCUT2D eigenvalue weighted by Gasteiger charge is -2.27. The molecule has 0 aromatic carbocycles. The highest BCUT2D eigenvalue weighted by Crippen LogP contribution is 2.19. The maximum absolute atomic E-state index is 5.89. The molecule has 3 rings (SSSR count). The standard InChI is InChI=1S/C11H13ClN6O/c1-2-19-11-15-9(12)14-10(16-11)18-6-5-17-4-3-13-8(17)7-18/h3-4H,2,5-7H2,1H3. The second-order valence-corrected chi connectivity index (χ2v) is 4.42. The van der Waals surface area contributed by atoms with Crippen LogP contribution >= 0.6 is 11.6 Å². The molecule has 1 aliphatic heterocycles. The summed E-state index contributed by atoms with van der Waals surface area (Å²) in [6.45, 7) is 4.66. The number of ether oxygens (including phenoxy) is 1. The minimum atomic E-state index is 0.141. The van der Waals surface area contributed by atoms with E-state index >= 15 is 0 Å². The van der Waals surface area contributed by atoms with Gasteiger partial charge in [0, 0.05) is 25.5 Å². The van der Waals surface area contributed by atoms with Crippen molar-refractivity contribution in [1.29, 1.82) is 0 Å². The Morgan fingerprint density at radius 3 is 3.05 bits per heavy atom. The molecule has 0 unspecified atom stereocenters. The van der Waals surface area contributed by atoms with Crippen LogP contribution in [0.5, 0.6) is 6.01 Å². The molecule has 2 aromatic rings. The van der Waals surface area contributed by atoms with Crippen molar-refractivity contribution < 1.29 is 4.74 Å². The molecule has 0 saturated carbocycles. The van der Waals surface area contributed by atoms with Crippen LogP contribution in [-0.2, 0) is 13.1 Å². The van der Waals surface area contributed by atoms with Crippen LogP contribution in [0.1, 0.15) is 12.7 Å². The number of hydrogen-bond acceptors (Lipinski definition) is 6. The number of rotatable bonds is 3. The Morgan fingerprint density at radius 2 is 2.21 bits per heavy atom. The van der Waals surface area contributed by atoms with E-state index in [1.807, 2.05) is 18.0 Å². The minimum absolute atomic E-state index is 0.141. The van der Waals surface area contributed by atoms with Crippen LogP contribution in [-0.4, -0.2) is 37.7 Å². The molecule has 0 fully saturated rings. The zero-order chi connectivity index (χ0) is 13.2. The van der Waals surface area contributed by atoms with Gasteiger partial charge in [-0.15, -0.1) is 0 Å². The molecule has 19 heavy (non-hydrogen) atoms. The molecule has 1 aliphatic rings. The van der Waals surface area contributed by atoms with Crippen LogP contribution in [0, 0.1) is 0 Å². The summed E-state index contributed by atoms with van der Waals surface area (Å²) in [5, 5.41) is 0.141.